The van der Waals surface area contributed by atoms with E-state index in [4.69, 9.17) is 4.21 Å². The topological polar surface area (TPSA) is 76.2 Å². The molecule has 0 spiro atoms. The highest BCUT2D eigenvalue weighted by Gasteiger charge is 2.02. The van der Waals surface area contributed by atoms with Crippen molar-refractivity contribution >= 4 is 36.6 Å². The molecule has 0 unspecified atom stereocenters. The summed E-state index contributed by atoms with van der Waals surface area (Å²) in [6, 6.07) is 2.68. The van der Waals surface area contributed by atoms with Gasteiger partial charge < -0.3 is 9.72 Å². The van der Waals surface area contributed by atoms with E-state index in [-0.39, 0.29) is 5.56 Å². The third kappa shape index (κ3) is 7.12. The lowest BCUT2D eigenvalue weighted by atomic mass is 10.3. The first-order valence-electron chi connectivity index (χ1n) is 3.48. The largest absolute Gasteiger partial charge is 0.465 e. The summed E-state index contributed by atoms with van der Waals surface area (Å²) in [6.07, 6.45) is 1.31. The van der Waals surface area contributed by atoms with Gasteiger partial charge in [0.25, 0.3) is 0 Å². The second kappa shape index (κ2) is 7.44. The van der Waals surface area contributed by atoms with Gasteiger partial charge in [-0.25, -0.2) is 9.00 Å². The Bertz CT molecular complexity index is 382. The van der Waals surface area contributed by atoms with Crippen LogP contribution < -0.4 is 5.56 Å². The molecule has 0 aromatic carbocycles. The van der Waals surface area contributed by atoms with Gasteiger partial charge in [-0.3, -0.25) is 4.79 Å². The smallest absolute Gasteiger partial charge is 0.339 e. The van der Waals surface area contributed by atoms with Crippen LogP contribution in [-0.4, -0.2) is 22.3 Å². The number of carbonyl (C=O) groups excluding carboxylic acids is 1. The lowest BCUT2D eigenvalue weighted by Gasteiger charge is -1.95. The van der Waals surface area contributed by atoms with Gasteiger partial charge in [-0.15, -0.1) is 0 Å². The number of pyridine rings is 1. The zero-order valence-corrected chi connectivity index (χ0v) is 9.86. The summed E-state index contributed by atoms with van der Waals surface area (Å²) in [5, 5.41) is 0. The van der Waals surface area contributed by atoms with Crippen LogP contribution in [-0.2, 0) is 14.0 Å². The van der Waals surface area contributed by atoms with Crippen molar-refractivity contribution in [2.24, 2.45) is 0 Å². The molecule has 1 aromatic rings. The number of carbonyl (C=O) groups is 1. The molecule has 0 saturated carbocycles. The minimum absolute atomic E-state index is 0.238. The Kier molecular flexibility index (Phi) is 7.02. The number of halogens is 2. The van der Waals surface area contributed by atoms with Gasteiger partial charge >= 0.3 is 5.97 Å². The van der Waals surface area contributed by atoms with Crippen molar-refractivity contribution in [2.45, 2.75) is 0 Å². The van der Waals surface area contributed by atoms with E-state index in [1.165, 1.54) is 25.4 Å². The van der Waals surface area contributed by atoms with Crippen LogP contribution in [0, 0.1) is 0 Å². The molecule has 0 aliphatic heterocycles. The Morgan fingerprint density at radius 2 is 2.00 bits per heavy atom. The molecule has 0 radical (unpaired) electrons. The maximum atomic E-state index is 10.8. The van der Waals surface area contributed by atoms with Crippen LogP contribution in [0.5, 0.6) is 0 Å². The molecule has 1 heterocycles. The molecule has 0 atom stereocenters. The van der Waals surface area contributed by atoms with E-state index in [9.17, 15) is 9.59 Å². The van der Waals surface area contributed by atoms with Gasteiger partial charge in [0.15, 0.2) is 0 Å². The van der Waals surface area contributed by atoms with Crippen molar-refractivity contribution in [1.82, 2.24) is 4.98 Å². The number of hydrogen-bond acceptors (Lipinski definition) is 4. The summed E-state index contributed by atoms with van der Waals surface area (Å²) >= 11 is 0. The predicted molar refractivity (Wildman–Crippen MR) is 58.3 cm³/mol. The Balaban J connectivity index is 0.000000423. The Morgan fingerprint density at radius 3 is 2.33 bits per heavy atom. The minimum Gasteiger partial charge on any atom is -0.465 e. The molecule has 1 N–H and O–H groups in total. The van der Waals surface area contributed by atoms with Crippen LogP contribution in [0.15, 0.2) is 23.1 Å². The van der Waals surface area contributed by atoms with E-state index in [2.05, 4.69) is 31.1 Å². The second-order valence-electron chi connectivity index (χ2n) is 2.12. The molecule has 0 bridgehead atoms. The molecule has 1 aromatic heterocycles. The van der Waals surface area contributed by atoms with Crippen molar-refractivity contribution in [2.75, 3.05) is 7.11 Å². The third-order valence-corrected chi connectivity index (χ3v) is 1.21. The molecule has 0 aliphatic carbocycles. The van der Waals surface area contributed by atoms with Crippen molar-refractivity contribution in [3.63, 3.8) is 0 Å². The molecule has 0 saturated heterocycles. The monoisotopic (exact) mass is 271 g/mol. The number of methoxy groups -OCH3 is 1. The third-order valence-electron chi connectivity index (χ3n) is 1.21. The van der Waals surface area contributed by atoms with Crippen LogP contribution in [0.1, 0.15) is 10.4 Å². The number of H-pyrrole nitrogens is 1. The van der Waals surface area contributed by atoms with E-state index in [0.29, 0.717) is 5.56 Å². The van der Waals surface area contributed by atoms with Crippen molar-refractivity contribution in [3.8, 4) is 0 Å². The number of esters is 1. The molecule has 1 rings (SSSR count). The fourth-order valence-electron chi connectivity index (χ4n) is 0.655. The molecule has 15 heavy (non-hydrogen) atoms. The summed E-state index contributed by atoms with van der Waals surface area (Å²) in [5.74, 6) is -0.457. The van der Waals surface area contributed by atoms with Crippen LogP contribution >= 0.6 is 21.4 Å². The molecule has 5 nitrogen and oxygen atoms in total. The zero-order valence-electron chi connectivity index (χ0n) is 7.53. The van der Waals surface area contributed by atoms with Gasteiger partial charge in [-0.1, -0.05) is 0 Å². The average Bonchev–Trinajstić information content (AvgIpc) is 2.17. The Morgan fingerprint density at radius 1 is 1.47 bits per heavy atom. The molecule has 0 aliphatic rings. The zero-order chi connectivity index (χ0) is 11.8. The van der Waals surface area contributed by atoms with Gasteiger partial charge in [-0.2, -0.15) is 0 Å². The summed E-state index contributed by atoms with van der Waals surface area (Å²) in [4.78, 5) is 23.7. The standard InChI is InChI=1S/C7H7NO3.Cl2OS/c1-11-7(10)5-2-3-6(9)8-4-5;1-4(2)3/h2-4H,1H3,(H,8,9);. The lowest BCUT2D eigenvalue weighted by Crippen LogP contribution is -2.07. The van der Waals surface area contributed by atoms with Crippen LogP contribution in [0.25, 0.3) is 0 Å². The fourth-order valence-corrected chi connectivity index (χ4v) is 0.655. The summed E-state index contributed by atoms with van der Waals surface area (Å²) in [6.45, 7) is 0. The average molecular weight is 272 g/mol. The van der Waals surface area contributed by atoms with E-state index < -0.39 is 15.2 Å². The number of rotatable bonds is 1. The Hall–Kier alpha value is -0.850. The van der Waals surface area contributed by atoms with Crippen molar-refractivity contribution in [3.05, 3.63) is 34.2 Å². The molecule has 0 amide bonds. The minimum atomic E-state index is -1.67. The lowest BCUT2D eigenvalue weighted by molar-refractivity contribution is 0.0600. The molecular weight excluding hydrogens is 265 g/mol. The van der Waals surface area contributed by atoms with Crippen LogP contribution in [0.2, 0.25) is 0 Å². The van der Waals surface area contributed by atoms with E-state index in [1.807, 2.05) is 0 Å². The van der Waals surface area contributed by atoms with Gasteiger partial charge in [0.05, 0.1) is 12.7 Å². The first-order chi connectivity index (χ1) is 6.97. The predicted octanol–water partition coefficient (Wildman–Crippen LogP) is 1.20. The van der Waals surface area contributed by atoms with Gasteiger partial charge in [0, 0.05) is 33.6 Å². The maximum Gasteiger partial charge on any atom is 0.339 e. The maximum absolute atomic E-state index is 10.8. The number of aromatic nitrogens is 1. The van der Waals surface area contributed by atoms with Gasteiger partial charge in [-0.05, 0) is 6.07 Å². The summed E-state index contributed by atoms with van der Waals surface area (Å²) < 4.78 is 13.5. The number of aromatic amines is 1. The SMILES string of the molecule is COC(=O)c1ccc(=O)[nH]c1.O=S(Cl)Cl. The fraction of sp³-hybridized carbons (Fsp3) is 0.143. The van der Waals surface area contributed by atoms with Gasteiger partial charge in [0.2, 0.25) is 14.8 Å². The highest BCUT2D eigenvalue weighted by Crippen LogP contribution is 1.94. The van der Waals surface area contributed by atoms with Crippen molar-refractivity contribution < 1.29 is 13.7 Å². The molecule has 8 heteroatoms. The Labute approximate surface area is 96.8 Å². The van der Waals surface area contributed by atoms with E-state index in [1.54, 1.807) is 0 Å². The number of ether oxygens (including phenoxy) is 1. The highest BCUT2D eigenvalue weighted by molar-refractivity contribution is 8.26. The number of nitrogens with one attached hydrogen (secondary N) is 1. The molecule has 84 valence electrons. The first-order valence-corrected chi connectivity index (χ1v) is 6.29. The van der Waals surface area contributed by atoms with Crippen molar-refractivity contribution in [1.29, 1.82) is 0 Å². The second-order valence-corrected chi connectivity index (χ2v) is 4.64. The quantitative estimate of drug-likeness (QED) is 0.615. The first kappa shape index (κ1) is 14.2. The van der Waals surface area contributed by atoms with E-state index >= 15 is 0 Å². The summed E-state index contributed by atoms with van der Waals surface area (Å²) in [7, 11) is 8.64. The van der Waals surface area contributed by atoms with Crippen LogP contribution in [0.4, 0.5) is 0 Å². The normalized spacial score (nSPS) is 9.07. The number of hydrogen-bond donors (Lipinski definition) is 1. The van der Waals surface area contributed by atoms with E-state index in [0.717, 1.165) is 0 Å². The molecular formula is C7H7Cl2NO4S. The highest BCUT2D eigenvalue weighted by atomic mass is 36.0. The summed E-state index contributed by atoms with van der Waals surface area (Å²) in [5.41, 5.74) is 0.102. The van der Waals surface area contributed by atoms with Gasteiger partial charge in [0.1, 0.15) is 0 Å². The van der Waals surface area contributed by atoms with Crippen LogP contribution in [0.3, 0.4) is 0 Å². The molecule has 0 fully saturated rings.